The van der Waals surface area contributed by atoms with Crippen LogP contribution in [0.25, 0.3) is 10.2 Å². The highest BCUT2D eigenvalue weighted by atomic mass is 32.1. The molecule has 166 valence electrons. The molecule has 1 amide bonds. The molecule has 0 atom stereocenters. The van der Waals surface area contributed by atoms with Crippen LogP contribution in [-0.4, -0.2) is 45.7 Å². The average Bonchev–Trinajstić information content (AvgIpc) is 3.46. The lowest BCUT2D eigenvalue weighted by Gasteiger charge is -2.15. The van der Waals surface area contributed by atoms with Crippen LogP contribution in [0, 0.1) is 6.92 Å². The summed E-state index contributed by atoms with van der Waals surface area (Å²) in [6.07, 6.45) is 0. The summed E-state index contributed by atoms with van der Waals surface area (Å²) in [5.74, 6) is -0.863. The second-order valence-electron chi connectivity index (χ2n) is 7.51. The van der Waals surface area contributed by atoms with Gasteiger partial charge in [-0.3, -0.25) is 14.4 Å². The first-order valence-corrected chi connectivity index (χ1v) is 11.6. The van der Waals surface area contributed by atoms with E-state index >= 15 is 0 Å². The number of pyridine rings is 1. The van der Waals surface area contributed by atoms with Crippen molar-refractivity contribution in [3.8, 4) is 0 Å². The fraction of sp³-hybridized carbons (Fsp3) is 0.273. The lowest BCUT2D eigenvalue weighted by atomic mass is 10.2. The van der Waals surface area contributed by atoms with Gasteiger partial charge in [0.25, 0.3) is 5.91 Å². The van der Waals surface area contributed by atoms with Crippen LogP contribution in [0.1, 0.15) is 37.1 Å². The summed E-state index contributed by atoms with van der Waals surface area (Å²) in [6.45, 7) is 3.30. The molecule has 0 fully saturated rings. The zero-order valence-corrected chi connectivity index (χ0v) is 19.8. The molecule has 4 heterocycles. The molecule has 0 spiro atoms. The molecule has 0 saturated heterocycles. The van der Waals surface area contributed by atoms with Gasteiger partial charge in [0.05, 0.1) is 24.2 Å². The SMILES string of the molecule is COC(=O)c1sc2nc(CN(C)Cc3ccsc3)ccc2c1NC(=O)c1cc(C)nn1C. The van der Waals surface area contributed by atoms with Crippen molar-refractivity contribution in [2.75, 3.05) is 19.5 Å². The fourth-order valence-electron chi connectivity index (χ4n) is 3.49. The van der Waals surface area contributed by atoms with E-state index in [1.807, 2.05) is 26.1 Å². The smallest absolute Gasteiger partial charge is 0.350 e. The van der Waals surface area contributed by atoms with Crippen LogP contribution in [-0.2, 0) is 24.9 Å². The normalized spacial score (nSPS) is 11.3. The Balaban J connectivity index is 1.63. The van der Waals surface area contributed by atoms with Crippen molar-refractivity contribution in [2.24, 2.45) is 7.05 Å². The van der Waals surface area contributed by atoms with E-state index in [0.717, 1.165) is 17.9 Å². The van der Waals surface area contributed by atoms with Gasteiger partial charge in [0, 0.05) is 25.5 Å². The molecular weight excluding hydrogens is 446 g/mol. The molecule has 4 aromatic rings. The van der Waals surface area contributed by atoms with Gasteiger partial charge in [-0.2, -0.15) is 16.4 Å². The summed E-state index contributed by atoms with van der Waals surface area (Å²) in [5, 5.41) is 12.0. The predicted molar refractivity (Wildman–Crippen MR) is 126 cm³/mol. The van der Waals surface area contributed by atoms with Gasteiger partial charge in [-0.15, -0.1) is 11.3 Å². The van der Waals surface area contributed by atoms with Gasteiger partial charge in [0.2, 0.25) is 0 Å². The first-order chi connectivity index (χ1) is 15.4. The molecule has 10 heteroatoms. The Hall–Kier alpha value is -3.08. The number of esters is 1. The molecule has 4 aromatic heterocycles. The molecule has 0 aliphatic heterocycles. The molecule has 0 aromatic carbocycles. The molecule has 0 aliphatic rings. The number of ether oxygens (including phenoxy) is 1. The minimum atomic E-state index is -0.513. The Kier molecular flexibility index (Phi) is 6.35. The quantitative estimate of drug-likeness (QED) is 0.411. The molecule has 32 heavy (non-hydrogen) atoms. The molecule has 0 unspecified atom stereocenters. The monoisotopic (exact) mass is 469 g/mol. The van der Waals surface area contributed by atoms with Crippen LogP contribution in [0.4, 0.5) is 5.69 Å². The highest BCUT2D eigenvalue weighted by Crippen LogP contribution is 2.36. The van der Waals surface area contributed by atoms with E-state index in [2.05, 4.69) is 32.1 Å². The molecule has 1 N–H and O–H groups in total. The van der Waals surface area contributed by atoms with Crippen LogP contribution in [0.15, 0.2) is 35.0 Å². The first kappa shape index (κ1) is 22.1. The third kappa shape index (κ3) is 4.57. The number of nitrogens with one attached hydrogen (secondary N) is 1. The second kappa shape index (κ2) is 9.19. The number of hydrogen-bond donors (Lipinski definition) is 1. The number of hydrogen-bond acceptors (Lipinski definition) is 8. The molecule has 0 radical (unpaired) electrons. The third-order valence-electron chi connectivity index (χ3n) is 4.92. The van der Waals surface area contributed by atoms with Crippen LogP contribution >= 0.6 is 22.7 Å². The van der Waals surface area contributed by atoms with Gasteiger partial charge >= 0.3 is 5.97 Å². The van der Waals surface area contributed by atoms with Gasteiger partial charge in [0.15, 0.2) is 0 Å². The minimum Gasteiger partial charge on any atom is -0.465 e. The van der Waals surface area contributed by atoms with Gasteiger partial charge < -0.3 is 10.1 Å². The van der Waals surface area contributed by atoms with E-state index in [4.69, 9.17) is 9.72 Å². The van der Waals surface area contributed by atoms with Crippen molar-refractivity contribution < 1.29 is 14.3 Å². The molecule has 0 saturated carbocycles. The van der Waals surface area contributed by atoms with Crippen molar-refractivity contribution in [2.45, 2.75) is 20.0 Å². The van der Waals surface area contributed by atoms with Gasteiger partial charge in [-0.05, 0) is 54.6 Å². The van der Waals surface area contributed by atoms with E-state index in [-0.39, 0.29) is 5.91 Å². The number of aromatic nitrogens is 3. The number of rotatable bonds is 7. The van der Waals surface area contributed by atoms with Gasteiger partial charge in [-0.1, -0.05) is 0 Å². The summed E-state index contributed by atoms with van der Waals surface area (Å²) in [5.41, 5.74) is 3.69. The van der Waals surface area contributed by atoms with E-state index in [1.54, 1.807) is 24.5 Å². The lowest BCUT2D eigenvalue weighted by Crippen LogP contribution is -2.18. The Morgan fingerprint density at radius 1 is 1.25 bits per heavy atom. The van der Waals surface area contributed by atoms with E-state index in [0.29, 0.717) is 33.0 Å². The summed E-state index contributed by atoms with van der Waals surface area (Å²) >= 11 is 2.89. The minimum absolute atomic E-state index is 0.311. The Labute approximate surface area is 193 Å². The number of carbonyl (C=O) groups is 2. The van der Waals surface area contributed by atoms with Crippen molar-refractivity contribution in [1.29, 1.82) is 0 Å². The van der Waals surface area contributed by atoms with Crippen LogP contribution < -0.4 is 5.32 Å². The number of amides is 1. The van der Waals surface area contributed by atoms with Crippen LogP contribution in [0.2, 0.25) is 0 Å². The molecule has 0 aliphatic carbocycles. The van der Waals surface area contributed by atoms with Crippen molar-refractivity contribution in [1.82, 2.24) is 19.7 Å². The molecular formula is C22H23N5O3S2. The number of nitrogens with zero attached hydrogens (tertiary/aromatic N) is 4. The van der Waals surface area contributed by atoms with Gasteiger partial charge in [-0.25, -0.2) is 9.78 Å². The summed E-state index contributed by atoms with van der Waals surface area (Å²) in [6, 6.07) is 7.62. The average molecular weight is 470 g/mol. The van der Waals surface area contributed by atoms with E-state index in [1.165, 1.54) is 28.7 Å². The maximum Gasteiger partial charge on any atom is 0.350 e. The molecule has 4 rings (SSSR count). The number of fused-ring (bicyclic) bond motifs is 1. The zero-order valence-electron chi connectivity index (χ0n) is 18.2. The highest BCUT2D eigenvalue weighted by molar-refractivity contribution is 7.21. The predicted octanol–water partition coefficient (Wildman–Crippen LogP) is 4.07. The largest absolute Gasteiger partial charge is 0.465 e. The summed E-state index contributed by atoms with van der Waals surface area (Å²) in [7, 11) is 5.07. The third-order valence-corrected chi connectivity index (χ3v) is 6.73. The Bertz CT molecular complexity index is 1280. The summed E-state index contributed by atoms with van der Waals surface area (Å²) < 4.78 is 6.45. The van der Waals surface area contributed by atoms with Crippen LogP contribution in [0.5, 0.6) is 0 Å². The number of carbonyl (C=O) groups excluding carboxylic acids is 2. The lowest BCUT2D eigenvalue weighted by molar-refractivity contribution is 0.0607. The van der Waals surface area contributed by atoms with E-state index < -0.39 is 5.97 Å². The number of anilines is 1. The van der Waals surface area contributed by atoms with Crippen LogP contribution in [0.3, 0.4) is 0 Å². The van der Waals surface area contributed by atoms with Gasteiger partial charge in [0.1, 0.15) is 15.4 Å². The fourth-order valence-corrected chi connectivity index (χ4v) is 5.22. The maximum absolute atomic E-state index is 12.9. The number of aryl methyl sites for hydroxylation is 2. The van der Waals surface area contributed by atoms with Crippen molar-refractivity contribution in [3.05, 3.63) is 62.5 Å². The first-order valence-electron chi connectivity index (χ1n) is 9.88. The topological polar surface area (TPSA) is 89.3 Å². The summed E-state index contributed by atoms with van der Waals surface area (Å²) in [4.78, 5) is 33.2. The standard InChI is InChI=1S/C22H23N5O3S2/c1-13-9-17(27(3)25-13)20(28)24-18-16-6-5-15(11-26(2)10-14-7-8-31-12-14)23-21(16)32-19(18)22(29)30-4/h5-9,12H,10-11H2,1-4H3,(H,24,28). The number of methoxy groups -OCH3 is 1. The Morgan fingerprint density at radius 3 is 2.72 bits per heavy atom. The molecule has 0 bridgehead atoms. The Morgan fingerprint density at radius 2 is 2.06 bits per heavy atom. The second-order valence-corrected chi connectivity index (χ2v) is 9.28. The van der Waals surface area contributed by atoms with Crippen molar-refractivity contribution in [3.63, 3.8) is 0 Å². The zero-order chi connectivity index (χ0) is 22.8. The highest BCUT2D eigenvalue weighted by Gasteiger charge is 2.23. The van der Waals surface area contributed by atoms with Crippen molar-refractivity contribution >= 4 is 50.5 Å². The molecule has 8 nitrogen and oxygen atoms in total. The van der Waals surface area contributed by atoms with E-state index in [9.17, 15) is 9.59 Å². The maximum atomic E-state index is 12.9. The number of thiophene rings is 2.